The van der Waals surface area contributed by atoms with Gasteiger partial charge in [0.25, 0.3) is 0 Å². The topological polar surface area (TPSA) is 26.0 Å². The Kier molecular flexibility index (Phi) is 2.35. The Morgan fingerprint density at radius 2 is 1.83 bits per heavy atom. The molecule has 2 aliphatic rings. The molecule has 2 N–H and O–H groups in total. The van der Waals surface area contributed by atoms with E-state index in [9.17, 15) is 4.39 Å². The molecule has 2 fully saturated rings. The van der Waals surface area contributed by atoms with Crippen LogP contribution in [0.4, 0.5) is 4.39 Å². The summed E-state index contributed by atoms with van der Waals surface area (Å²) in [6.07, 6.45) is 5.73. The molecule has 2 saturated carbocycles. The van der Waals surface area contributed by atoms with Crippen LogP contribution in [-0.4, -0.2) is 12.2 Å². The van der Waals surface area contributed by atoms with E-state index >= 15 is 0 Å². The molecule has 3 atom stereocenters. The normalized spacial score (nSPS) is 39.5. The highest BCUT2D eigenvalue weighted by molar-refractivity contribution is 4.90. The second-order valence-corrected chi connectivity index (χ2v) is 4.44. The maximum absolute atomic E-state index is 13.0. The molecule has 0 radical (unpaired) electrons. The molecule has 3 unspecified atom stereocenters. The standard InChI is InChI=1S/C10H18FN/c11-9-3-1-2-8(6-9)10(12)7-4-5-7/h7-10H,1-6,12H2. The smallest absolute Gasteiger partial charge is 0.100 e. The van der Waals surface area contributed by atoms with E-state index in [0.29, 0.717) is 12.0 Å². The second-order valence-electron chi connectivity index (χ2n) is 4.44. The largest absolute Gasteiger partial charge is 0.327 e. The summed E-state index contributed by atoms with van der Waals surface area (Å²) in [7, 11) is 0. The molecule has 2 aliphatic carbocycles. The SMILES string of the molecule is NC(C1CC1)C1CCCC(F)C1. The van der Waals surface area contributed by atoms with E-state index in [4.69, 9.17) is 5.73 Å². The van der Waals surface area contributed by atoms with Crippen LogP contribution in [0.5, 0.6) is 0 Å². The predicted molar refractivity (Wildman–Crippen MR) is 47.6 cm³/mol. The lowest BCUT2D eigenvalue weighted by atomic mass is 9.81. The van der Waals surface area contributed by atoms with Crippen molar-refractivity contribution >= 4 is 0 Å². The Morgan fingerprint density at radius 1 is 1.08 bits per heavy atom. The van der Waals surface area contributed by atoms with Crippen molar-refractivity contribution in [2.45, 2.75) is 50.7 Å². The van der Waals surface area contributed by atoms with Gasteiger partial charge in [-0.05, 0) is 43.9 Å². The summed E-state index contributed by atoms with van der Waals surface area (Å²) in [5.41, 5.74) is 6.05. The van der Waals surface area contributed by atoms with E-state index in [1.807, 2.05) is 0 Å². The van der Waals surface area contributed by atoms with Gasteiger partial charge >= 0.3 is 0 Å². The van der Waals surface area contributed by atoms with Crippen LogP contribution in [0.3, 0.4) is 0 Å². The van der Waals surface area contributed by atoms with Crippen LogP contribution in [0.1, 0.15) is 38.5 Å². The third kappa shape index (κ3) is 1.79. The van der Waals surface area contributed by atoms with Gasteiger partial charge in [-0.2, -0.15) is 0 Å². The van der Waals surface area contributed by atoms with Gasteiger partial charge in [0, 0.05) is 6.04 Å². The third-order valence-corrected chi connectivity index (χ3v) is 3.36. The molecule has 2 rings (SSSR count). The number of rotatable bonds is 2. The molecule has 0 aromatic heterocycles. The molecule has 0 spiro atoms. The number of alkyl halides is 1. The molecular formula is C10H18FN. The van der Waals surface area contributed by atoms with E-state index < -0.39 is 6.17 Å². The van der Waals surface area contributed by atoms with Gasteiger partial charge in [0.05, 0.1) is 0 Å². The van der Waals surface area contributed by atoms with Crippen molar-refractivity contribution < 1.29 is 4.39 Å². The minimum atomic E-state index is -0.562. The number of hydrogen-bond acceptors (Lipinski definition) is 1. The molecule has 0 aromatic carbocycles. The van der Waals surface area contributed by atoms with Crippen molar-refractivity contribution in [3.63, 3.8) is 0 Å². The molecule has 0 saturated heterocycles. The Bertz CT molecular complexity index is 156. The maximum atomic E-state index is 13.0. The van der Waals surface area contributed by atoms with E-state index in [1.54, 1.807) is 0 Å². The maximum Gasteiger partial charge on any atom is 0.100 e. The minimum Gasteiger partial charge on any atom is -0.327 e. The first-order valence-electron chi connectivity index (χ1n) is 5.17. The van der Waals surface area contributed by atoms with Gasteiger partial charge in [-0.15, -0.1) is 0 Å². The van der Waals surface area contributed by atoms with Crippen LogP contribution in [-0.2, 0) is 0 Å². The zero-order valence-corrected chi connectivity index (χ0v) is 7.51. The molecule has 1 nitrogen and oxygen atoms in total. The zero-order chi connectivity index (χ0) is 8.55. The Balaban J connectivity index is 1.84. The summed E-state index contributed by atoms with van der Waals surface area (Å²) >= 11 is 0. The van der Waals surface area contributed by atoms with E-state index in [-0.39, 0.29) is 0 Å². The van der Waals surface area contributed by atoms with Crippen LogP contribution in [0.25, 0.3) is 0 Å². The Labute approximate surface area is 73.5 Å². The highest BCUT2D eigenvalue weighted by atomic mass is 19.1. The van der Waals surface area contributed by atoms with Crippen molar-refractivity contribution in [1.82, 2.24) is 0 Å². The summed E-state index contributed by atoms with van der Waals surface area (Å²) in [5.74, 6) is 1.22. The van der Waals surface area contributed by atoms with Crippen molar-refractivity contribution in [1.29, 1.82) is 0 Å². The van der Waals surface area contributed by atoms with E-state index in [1.165, 1.54) is 12.8 Å². The molecule has 0 aromatic rings. The molecule has 12 heavy (non-hydrogen) atoms. The van der Waals surface area contributed by atoms with Crippen LogP contribution in [0.2, 0.25) is 0 Å². The van der Waals surface area contributed by atoms with Gasteiger partial charge in [-0.3, -0.25) is 0 Å². The molecule has 70 valence electrons. The number of hydrogen-bond donors (Lipinski definition) is 1. The fourth-order valence-corrected chi connectivity index (χ4v) is 2.38. The van der Waals surface area contributed by atoms with Crippen molar-refractivity contribution in [2.75, 3.05) is 0 Å². The van der Waals surface area contributed by atoms with Gasteiger partial charge in [0.15, 0.2) is 0 Å². The van der Waals surface area contributed by atoms with Gasteiger partial charge in [-0.25, -0.2) is 4.39 Å². The monoisotopic (exact) mass is 171 g/mol. The lowest BCUT2D eigenvalue weighted by Gasteiger charge is -2.29. The lowest BCUT2D eigenvalue weighted by molar-refractivity contribution is 0.173. The summed E-state index contributed by atoms with van der Waals surface area (Å²) in [6.45, 7) is 0. The first-order chi connectivity index (χ1) is 5.77. The van der Waals surface area contributed by atoms with E-state index in [0.717, 1.165) is 31.6 Å². The second kappa shape index (κ2) is 3.33. The highest BCUT2D eigenvalue weighted by Crippen LogP contribution is 2.39. The molecular weight excluding hydrogens is 153 g/mol. The average molecular weight is 171 g/mol. The first-order valence-corrected chi connectivity index (χ1v) is 5.17. The van der Waals surface area contributed by atoms with E-state index in [2.05, 4.69) is 0 Å². The number of halogens is 1. The fourth-order valence-electron chi connectivity index (χ4n) is 2.38. The summed E-state index contributed by atoms with van der Waals surface area (Å²) < 4.78 is 13.0. The lowest BCUT2D eigenvalue weighted by Crippen LogP contribution is -2.35. The van der Waals surface area contributed by atoms with Crippen LogP contribution < -0.4 is 5.73 Å². The van der Waals surface area contributed by atoms with Crippen molar-refractivity contribution in [3.05, 3.63) is 0 Å². The summed E-state index contributed by atoms with van der Waals surface area (Å²) in [6, 6.07) is 0.309. The average Bonchev–Trinajstić information content (AvgIpc) is 2.85. The highest BCUT2D eigenvalue weighted by Gasteiger charge is 2.36. The third-order valence-electron chi connectivity index (χ3n) is 3.36. The molecule has 0 bridgehead atoms. The van der Waals surface area contributed by atoms with Gasteiger partial charge in [0.2, 0.25) is 0 Å². The van der Waals surface area contributed by atoms with Crippen LogP contribution >= 0.6 is 0 Å². The predicted octanol–water partition coefficient (Wildman–Crippen LogP) is 2.25. The summed E-state index contributed by atoms with van der Waals surface area (Å²) in [4.78, 5) is 0. The Hall–Kier alpha value is -0.110. The molecule has 0 heterocycles. The minimum absolute atomic E-state index is 0.309. The van der Waals surface area contributed by atoms with Crippen LogP contribution in [0, 0.1) is 11.8 Å². The zero-order valence-electron chi connectivity index (χ0n) is 7.51. The molecule has 2 heteroatoms. The van der Waals surface area contributed by atoms with Gasteiger partial charge in [-0.1, -0.05) is 6.42 Å². The van der Waals surface area contributed by atoms with Gasteiger partial charge in [0.1, 0.15) is 6.17 Å². The number of nitrogens with two attached hydrogens (primary N) is 1. The molecule has 0 aliphatic heterocycles. The van der Waals surface area contributed by atoms with Crippen molar-refractivity contribution in [2.24, 2.45) is 17.6 Å². The molecule has 0 amide bonds. The quantitative estimate of drug-likeness (QED) is 0.677. The summed E-state index contributed by atoms with van der Waals surface area (Å²) in [5, 5.41) is 0. The van der Waals surface area contributed by atoms with Crippen LogP contribution in [0.15, 0.2) is 0 Å². The van der Waals surface area contributed by atoms with Crippen molar-refractivity contribution in [3.8, 4) is 0 Å². The van der Waals surface area contributed by atoms with Gasteiger partial charge < -0.3 is 5.73 Å². The fraction of sp³-hybridized carbons (Fsp3) is 1.00. The Morgan fingerprint density at radius 3 is 2.42 bits per heavy atom. The first kappa shape index (κ1) is 8.49.